The van der Waals surface area contributed by atoms with Gasteiger partial charge >= 0.3 is 0 Å². The van der Waals surface area contributed by atoms with Crippen LogP contribution in [0.4, 0.5) is 0 Å². The van der Waals surface area contributed by atoms with Gasteiger partial charge in [-0.3, -0.25) is 15.0 Å². The summed E-state index contributed by atoms with van der Waals surface area (Å²) in [6.45, 7) is 6.08. The van der Waals surface area contributed by atoms with E-state index in [0.29, 0.717) is 36.5 Å². The van der Waals surface area contributed by atoms with Crippen LogP contribution in [-0.4, -0.2) is 62.6 Å². The van der Waals surface area contributed by atoms with Gasteiger partial charge in [0.05, 0.1) is 12.0 Å². The van der Waals surface area contributed by atoms with Crippen LogP contribution in [-0.2, 0) is 9.59 Å². The van der Waals surface area contributed by atoms with Crippen LogP contribution < -0.4 is 5.84 Å². The minimum absolute atomic E-state index is 0.0591. The van der Waals surface area contributed by atoms with E-state index in [-0.39, 0.29) is 53.4 Å². The van der Waals surface area contributed by atoms with Crippen molar-refractivity contribution in [2.45, 2.75) is 152 Å². The number of H-pyrrole nitrogens is 2. The molecule has 4 aliphatic carbocycles. The number of aromatic amines is 2. The van der Waals surface area contributed by atoms with Crippen molar-refractivity contribution in [3.8, 4) is 6.07 Å². The largest absolute Gasteiger partial charge is 0.361 e. The third-order valence-corrected chi connectivity index (χ3v) is 15.6. The number of nitrogens with two attached hydrogens (primary N) is 1. The van der Waals surface area contributed by atoms with E-state index < -0.39 is 0 Å². The van der Waals surface area contributed by atoms with Crippen molar-refractivity contribution in [2.75, 3.05) is 13.1 Å². The second-order valence-electron chi connectivity index (χ2n) is 19.5. The Morgan fingerprint density at radius 3 is 1.75 bits per heavy atom. The van der Waals surface area contributed by atoms with Crippen LogP contribution in [0.5, 0.6) is 0 Å². The summed E-state index contributed by atoms with van der Waals surface area (Å²) in [6.07, 6.45) is 20.8. The van der Waals surface area contributed by atoms with E-state index in [2.05, 4.69) is 98.8 Å². The van der Waals surface area contributed by atoms with E-state index in [1.807, 2.05) is 0 Å². The molecule has 8 unspecified atom stereocenters. The Labute approximate surface area is 360 Å². The lowest BCUT2D eigenvalue weighted by Gasteiger charge is -2.47. The normalized spacial score (nSPS) is 27.4. The van der Waals surface area contributed by atoms with Crippen LogP contribution in [0.1, 0.15) is 163 Å². The van der Waals surface area contributed by atoms with Crippen LogP contribution in [0, 0.1) is 40.4 Å². The number of benzene rings is 2. The molecule has 2 aromatic heterocycles. The molecule has 5 N–H and O–H groups in total. The number of aromatic nitrogens is 2. The molecule has 6 aliphatic rings. The maximum Gasteiger partial charge on any atom is 0.223 e. The average Bonchev–Trinajstić information content (AvgIpc) is 4.22. The van der Waals surface area contributed by atoms with E-state index in [1.165, 1.54) is 69.7 Å². The van der Waals surface area contributed by atoms with Gasteiger partial charge in [0.1, 0.15) is 5.84 Å². The summed E-state index contributed by atoms with van der Waals surface area (Å²) < 4.78 is 0. The number of fused-ring (bicyclic) bond motifs is 4. The highest BCUT2D eigenvalue weighted by molar-refractivity contribution is 5.90. The number of nitrogens with zero attached hydrogens (tertiary/aromatic N) is 5. The first-order valence-corrected chi connectivity index (χ1v) is 23.6. The number of rotatable bonds is 9. The molecule has 0 bridgehead atoms. The fourth-order valence-electron chi connectivity index (χ4n) is 12.3. The van der Waals surface area contributed by atoms with Gasteiger partial charge in [0.25, 0.3) is 0 Å². The lowest BCUT2D eigenvalue weighted by molar-refractivity contribution is -0.139. The highest BCUT2D eigenvalue weighted by Crippen LogP contribution is 2.47. The molecule has 0 spiro atoms. The maximum atomic E-state index is 13.5. The maximum absolute atomic E-state index is 13.5. The van der Waals surface area contributed by atoms with Crippen LogP contribution >= 0.6 is 0 Å². The van der Waals surface area contributed by atoms with E-state index in [1.54, 1.807) is 0 Å². The zero-order chi connectivity index (χ0) is 42.2. The van der Waals surface area contributed by atoms with Crippen molar-refractivity contribution in [3.63, 3.8) is 0 Å². The van der Waals surface area contributed by atoms with E-state index >= 15 is 0 Å². The van der Waals surface area contributed by atoms with Crippen LogP contribution in [0.25, 0.3) is 21.8 Å². The number of piperidine rings is 2. The van der Waals surface area contributed by atoms with Crippen LogP contribution in [0.2, 0.25) is 0 Å². The van der Waals surface area contributed by atoms with Gasteiger partial charge in [-0.2, -0.15) is 5.26 Å². The summed E-state index contributed by atoms with van der Waals surface area (Å²) >= 11 is 0. The summed E-state index contributed by atoms with van der Waals surface area (Å²) in [5.74, 6) is 8.63. The zero-order valence-corrected chi connectivity index (χ0v) is 36.3. The van der Waals surface area contributed by atoms with Gasteiger partial charge in [-0.25, -0.2) is 0 Å². The Morgan fingerprint density at radius 1 is 0.738 bits per heavy atom. The fraction of sp³-hybridized carbons (Fsp3) is 0.600. The van der Waals surface area contributed by atoms with Crippen LogP contribution in [0.15, 0.2) is 59.1 Å². The second-order valence-corrected chi connectivity index (χ2v) is 19.5. The molecule has 2 aliphatic heterocycles. The van der Waals surface area contributed by atoms with Crippen molar-refractivity contribution < 1.29 is 9.59 Å². The molecule has 0 radical (unpaired) electrons. The topological polar surface area (TPSA) is 171 Å². The van der Waals surface area contributed by atoms with Gasteiger partial charge in [0.15, 0.2) is 0 Å². The molecule has 322 valence electrons. The number of carbonyl (C=O) groups is 2. The third kappa shape index (κ3) is 8.36. The quantitative estimate of drug-likeness (QED) is 0.0433. The summed E-state index contributed by atoms with van der Waals surface area (Å²) in [7, 11) is 0. The van der Waals surface area contributed by atoms with E-state index in [9.17, 15) is 14.9 Å². The van der Waals surface area contributed by atoms with Crippen molar-refractivity contribution in [1.29, 1.82) is 10.7 Å². The van der Waals surface area contributed by atoms with E-state index in [0.717, 1.165) is 77.3 Å². The van der Waals surface area contributed by atoms with Crippen molar-refractivity contribution in [2.24, 2.45) is 39.9 Å². The SMILES string of the molecule is CC(CC(=O)N1CCCC2C(C#N)CCCC21)c1c[nH]c2cccc(C3CC3)c12.CC(CC(=O)N1CCCC2C(C(=N)N=NN)CCCC21)c1c[nH]c2cccc(C3CC3)c12. The highest BCUT2D eigenvalue weighted by Gasteiger charge is 2.43. The number of hydrogen-bond donors (Lipinski definition) is 4. The Balaban J connectivity index is 0.000000157. The number of amides is 2. The lowest BCUT2D eigenvalue weighted by atomic mass is 9.70. The first kappa shape index (κ1) is 41.4. The van der Waals surface area contributed by atoms with Crippen molar-refractivity contribution in [3.05, 3.63) is 71.0 Å². The predicted octanol–water partition coefficient (Wildman–Crippen LogP) is 10.7. The molecule has 6 fully saturated rings. The number of amidine groups is 1. The lowest BCUT2D eigenvalue weighted by Crippen LogP contribution is -2.53. The number of nitriles is 1. The summed E-state index contributed by atoms with van der Waals surface area (Å²) in [4.78, 5) is 38.0. The second kappa shape index (κ2) is 17.8. The molecule has 4 saturated carbocycles. The molecule has 2 saturated heterocycles. The molecule has 61 heavy (non-hydrogen) atoms. The molecule has 11 heteroatoms. The number of carbonyl (C=O) groups excluding carboxylic acids is 2. The predicted molar refractivity (Wildman–Crippen MR) is 240 cm³/mol. The first-order chi connectivity index (χ1) is 29.7. The highest BCUT2D eigenvalue weighted by atomic mass is 16.2. The van der Waals surface area contributed by atoms with Gasteiger partial charge in [0.2, 0.25) is 11.8 Å². The number of likely N-dealkylation sites (tertiary alicyclic amines) is 2. The standard InChI is InChI=1S/C25H34N6O.C25H31N3O/c1-15(20-14-28-21-8-2-5-17(24(20)21)16-10-11-16)13-23(32)31-12-4-7-18-19(25(26)29-30-27)6-3-9-22(18)31;1-16(21-15-27-22-8-3-6-20(25(21)22)17-10-11-17)13-24(29)28-12-4-7-19-18(14-26)5-2-9-23(19)28/h2,5,8,14-16,18-19,22,28H,3-4,6-7,9-13H2,1H3,(H3,26,27,29);3,6,8,15-19,23,27H,2,4-5,7,9-13H2,1H3. The molecule has 11 nitrogen and oxygen atoms in total. The molecule has 10 rings (SSSR count). The molecule has 8 atom stereocenters. The molecule has 4 aromatic rings. The molecule has 2 aromatic carbocycles. The number of hydrogen-bond acceptors (Lipinski definition) is 5. The van der Waals surface area contributed by atoms with Gasteiger partial charge in [-0.1, -0.05) is 56.2 Å². The Morgan fingerprint density at radius 2 is 1.25 bits per heavy atom. The molecule has 4 heterocycles. The van der Waals surface area contributed by atoms with E-state index in [4.69, 9.17) is 11.3 Å². The van der Waals surface area contributed by atoms with Gasteiger partial charge in [0, 0.05) is 78.1 Å². The smallest absolute Gasteiger partial charge is 0.223 e. The third-order valence-electron chi connectivity index (χ3n) is 15.6. The summed E-state index contributed by atoms with van der Waals surface area (Å²) in [5.41, 5.74) is 7.85. The van der Waals surface area contributed by atoms with Gasteiger partial charge < -0.3 is 25.6 Å². The fourth-order valence-corrected chi connectivity index (χ4v) is 12.3. The minimum Gasteiger partial charge on any atom is -0.361 e. The molecule has 2 amide bonds. The molecular formula is C50H65N9O2. The minimum atomic E-state index is 0.0591. The monoisotopic (exact) mass is 824 g/mol. The van der Waals surface area contributed by atoms with Crippen molar-refractivity contribution in [1.82, 2.24) is 19.8 Å². The molecular weight excluding hydrogens is 759 g/mol. The Kier molecular flexibility index (Phi) is 12.1. The first-order valence-electron chi connectivity index (χ1n) is 23.6. The summed E-state index contributed by atoms with van der Waals surface area (Å²) in [6, 6.07) is 16.1. The van der Waals surface area contributed by atoms with Gasteiger partial charge in [-0.15, -0.1) is 5.11 Å². The van der Waals surface area contributed by atoms with Crippen molar-refractivity contribution >= 4 is 39.5 Å². The Hall–Kier alpha value is -4.98. The van der Waals surface area contributed by atoms with Gasteiger partial charge in [-0.05, 0) is 147 Å². The summed E-state index contributed by atoms with van der Waals surface area (Å²) in [5, 5.41) is 27.7. The zero-order valence-electron chi connectivity index (χ0n) is 36.3. The number of nitrogens with one attached hydrogen (secondary N) is 3. The Bertz CT molecular complexity index is 2310. The average molecular weight is 824 g/mol. The van der Waals surface area contributed by atoms with Crippen LogP contribution in [0.3, 0.4) is 0 Å².